The molecule has 0 aromatic heterocycles. The first-order valence-electron chi connectivity index (χ1n) is 5.10. The van der Waals surface area contributed by atoms with Gasteiger partial charge in [0, 0.05) is 19.2 Å². The molecule has 17 heavy (non-hydrogen) atoms. The Morgan fingerprint density at radius 1 is 1.35 bits per heavy atom. The molecule has 1 aromatic carbocycles. The van der Waals surface area contributed by atoms with Crippen LogP contribution >= 0.6 is 12.4 Å². The lowest BCUT2D eigenvalue weighted by Crippen LogP contribution is -2.10. The third-order valence-electron chi connectivity index (χ3n) is 2.19. The van der Waals surface area contributed by atoms with Crippen LogP contribution in [-0.2, 0) is 6.54 Å². The number of nitro groups is 1. The van der Waals surface area contributed by atoms with Gasteiger partial charge in [0.1, 0.15) is 5.69 Å². The molecule has 0 aliphatic carbocycles. The van der Waals surface area contributed by atoms with Crippen molar-refractivity contribution in [3.05, 3.63) is 33.9 Å². The summed E-state index contributed by atoms with van der Waals surface area (Å²) in [5.41, 5.74) is 12.1. The molecule has 6 nitrogen and oxygen atoms in total. The number of nitrogens with zero attached hydrogens (tertiary/aromatic N) is 1. The summed E-state index contributed by atoms with van der Waals surface area (Å²) in [4.78, 5) is 10.4. The van der Waals surface area contributed by atoms with E-state index in [-0.39, 0.29) is 18.1 Å². The quantitative estimate of drug-likeness (QED) is 0.405. The maximum absolute atomic E-state index is 10.8. The number of halogens is 1. The Hall–Kier alpha value is -1.37. The molecule has 0 atom stereocenters. The van der Waals surface area contributed by atoms with E-state index in [1.165, 1.54) is 6.07 Å². The molecule has 0 aliphatic heterocycles. The van der Waals surface area contributed by atoms with Crippen molar-refractivity contribution in [2.45, 2.75) is 13.0 Å². The Morgan fingerprint density at radius 2 is 2.06 bits per heavy atom. The second-order valence-corrected chi connectivity index (χ2v) is 3.38. The highest BCUT2D eigenvalue weighted by Gasteiger charge is 2.13. The van der Waals surface area contributed by atoms with E-state index in [9.17, 15) is 10.1 Å². The van der Waals surface area contributed by atoms with Crippen LogP contribution in [-0.4, -0.2) is 18.0 Å². The minimum absolute atomic E-state index is 0. The summed E-state index contributed by atoms with van der Waals surface area (Å²) in [5.74, 6) is 0. The number of rotatable bonds is 6. The van der Waals surface area contributed by atoms with E-state index in [1.54, 1.807) is 12.1 Å². The molecule has 0 unspecified atom stereocenters. The van der Waals surface area contributed by atoms with E-state index in [1.807, 2.05) is 0 Å². The average molecular weight is 261 g/mol. The number of nitrogens with one attached hydrogen (secondary N) is 1. The number of hydrogen-bond donors (Lipinski definition) is 3. The summed E-state index contributed by atoms with van der Waals surface area (Å²) in [6.45, 7) is 1.48. The van der Waals surface area contributed by atoms with Crippen molar-refractivity contribution in [1.29, 1.82) is 0 Å². The maximum atomic E-state index is 10.8. The predicted molar refractivity (Wildman–Crippen MR) is 70.4 cm³/mol. The third-order valence-corrected chi connectivity index (χ3v) is 2.19. The zero-order chi connectivity index (χ0) is 12.0. The van der Waals surface area contributed by atoms with Crippen LogP contribution in [0.15, 0.2) is 18.2 Å². The summed E-state index contributed by atoms with van der Waals surface area (Å²) < 4.78 is 0. The molecular formula is C10H17ClN4O2. The highest BCUT2D eigenvalue weighted by atomic mass is 35.5. The molecule has 7 heteroatoms. The van der Waals surface area contributed by atoms with Crippen molar-refractivity contribution >= 4 is 23.8 Å². The summed E-state index contributed by atoms with van der Waals surface area (Å²) >= 11 is 0. The first kappa shape index (κ1) is 15.6. The number of hydrogen-bond acceptors (Lipinski definition) is 5. The van der Waals surface area contributed by atoms with Gasteiger partial charge in [-0.15, -0.1) is 12.4 Å². The van der Waals surface area contributed by atoms with Gasteiger partial charge in [0.15, 0.2) is 0 Å². The van der Waals surface area contributed by atoms with Gasteiger partial charge in [-0.05, 0) is 24.6 Å². The largest absolute Gasteiger partial charge is 0.379 e. The summed E-state index contributed by atoms with van der Waals surface area (Å²) in [5, 5.41) is 13.8. The van der Waals surface area contributed by atoms with Crippen molar-refractivity contribution < 1.29 is 4.92 Å². The first-order valence-corrected chi connectivity index (χ1v) is 5.10. The molecule has 0 spiro atoms. The van der Waals surface area contributed by atoms with Crippen LogP contribution in [0.1, 0.15) is 12.0 Å². The minimum atomic E-state index is -0.413. The molecular weight excluding hydrogens is 244 g/mol. The van der Waals surface area contributed by atoms with Gasteiger partial charge in [-0.25, -0.2) is 0 Å². The van der Waals surface area contributed by atoms with Gasteiger partial charge in [-0.2, -0.15) is 0 Å². The molecule has 0 aliphatic rings. The van der Waals surface area contributed by atoms with Crippen LogP contribution in [0.3, 0.4) is 0 Å². The number of benzene rings is 1. The van der Waals surface area contributed by atoms with Gasteiger partial charge in [0.25, 0.3) is 5.69 Å². The van der Waals surface area contributed by atoms with Crippen LogP contribution < -0.4 is 16.8 Å². The lowest BCUT2D eigenvalue weighted by molar-refractivity contribution is -0.384. The van der Waals surface area contributed by atoms with Crippen LogP contribution in [0.4, 0.5) is 11.4 Å². The minimum Gasteiger partial charge on any atom is -0.379 e. The second kappa shape index (κ2) is 7.83. The number of nitro benzene ring substituents is 1. The normalized spacial score (nSPS) is 9.53. The SMILES string of the molecule is Cl.NCCCNc1ccc(CN)cc1[N+](=O)[O-]. The Kier molecular flexibility index (Phi) is 7.20. The van der Waals surface area contributed by atoms with Gasteiger partial charge in [-0.1, -0.05) is 6.07 Å². The Bertz CT molecular complexity index is 373. The van der Waals surface area contributed by atoms with Crippen LogP contribution in [0.2, 0.25) is 0 Å². The Balaban J connectivity index is 0.00000256. The van der Waals surface area contributed by atoms with E-state index in [4.69, 9.17) is 11.5 Å². The Labute approximate surface area is 106 Å². The van der Waals surface area contributed by atoms with E-state index in [2.05, 4.69) is 5.32 Å². The zero-order valence-corrected chi connectivity index (χ0v) is 10.2. The fourth-order valence-corrected chi connectivity index (χ4v) is 1.33. The molecule has 1 aromatic rings. The predicted octanol–water partition coefficient (Wildman–Crippen LogP) is 1.24. The van der Waals surface area contributed by atoms with Gasteiger partial charge in [0.05, 0.1) is 4.92 Å². The Morgan fingerprint density at radius 3 is 2.59 bits per heavy atom. The molecule has 0 radical (unpaired) electrons. The number of nitrogens with two attached hydrogens (primary N) is 2. The molecule has 0 saturated carbocycles. The highest BCUT2D eigenvalue weighted by Crippen LogP contribution is 2.25. The highest BCUT2D eigenvalue weighted by molar-refractivity contribution is 5.85. The van der Waals surface area contributed by atoms with Crippen molar-refractivity contribution in [2.75, 3.05) is 18.4 Å². The summed E-state index contributed by atoms with van der Waals surface area (Å²) in [6, 6.07) is 4.94. The molecule has 0 bridgehead atoms. The van der Waals surface area contributed by atoms with Crippen molar-refractivity contribution in [1.82, 2.24) is 0 Å². The molecule has 5 N–H and O–H groups in total. The fraction of sp³-hybridized carbons (Fsp3) is 0.400. The topological polar surface area (TPSA) is 107 Å². The van der Waals surface area contributed by atoms with E-state index >= 15 is 0 Å². The third kappa shape index (κ3) is 4.56. The molecule has 96 valence electrons. The van der Waals surface area contributed by atoms with Crippen molar-refractivity contribution in [2.24, 2.45) is 11.5 Å². The maximum Gasteiger partial charge on any atom is 0.292 e. The van der Waals surface area contributed by atoms with Crippen LogP contribution in [0.5, 0.6) is 0 Å². The monoisotopic (exact) mass is 260 g/mol. The average Bonchev–Trinajstić information content (AvgIpc) is 2.29. The molecule has 1 rings (SSSR count). The van der Waals surface area contributed by atoms with Crippen LogP contribution in [0, 0.1) is 10.1 Å². The second-order valence-electron chi connectivity index (χ2n) is 3.38. The fourth-order valence-electron chi connectivity index (χ4n) is 1.33. The smallest absolute Gasteiger partial charge is 0.292 e. The van der Waals surface area contributed by atoms with E-state index in [0.717, 1.165) is 12.0 Å². The summed E-state index contributed by atoms with van der Waals surface area (Å²) in [7, 11) is 0. The van der Waals surface area contributed by atoms with Crippen LogP contribution in [0.25, 0.3) is 0 Å². The molecule has 0 saturated heterocycles. The van der Waals surface area contributed by atoms with Gasteiger partial charge < -0.3 is 16.8 Å². The van der Waals surface area contributed by atoms with Gasteiger partial charge >= 0.3 is 0 Å². The molecule has 0 heterocycles. The van der Waals surface area contributed by atoms with Gasteiger partial charge in [-0.3, -0.25) is 10.1 Å². The summed E-state index contributed by atoms with van der Waals surface area (Å²) in [6.07, 6.45) is 0.774. The lowest BCUT2D eigenvalue weighted by Gasteiger charge is -2.07. The van der Waals surface area contributed by atoms with E-state index in [0.29, 0.717) is 25.3 Å². The van der Waals surface area contributed by atoms with Crippen molar-refractivity contribution in [3.63, 3.8) is 0 Å². The molecule has 0 fully saturated rings. The zero-order valence-electron chi connectivity index (χ0n) is 9.39. The first-order chi connectivity index (χ1) is 7.69. The number of anilines is 1. The lowest BCUT2D eigenvalue weighted by atomic mass is 10.1. The molecule has 0 amide bonds. The standard InChI is InChI=1S/C10H16N4O2.ClH/c11-4-1-5-13-9-3-2-8(7-12)6-10(9)14(15)16;/h2-3,6,13H,1,4-5,7,11-12H2;1H. The van der Waals surface area contributed by atoms with Gasteiger partial charge in [0.2, 0.25) is 0 Å². The van der Waals surface area contributed by atoms with Crippen molar-refractivity contribution in [3.8, 4) is 0 Å². The van der Waals surface area contributed by atoms with E-state index < -0.39 is 4.92 Å².